The zero-order valence-corrected chi connectivity index (χ0v) is 11.4. The topological polar surface area (TPSA) is 58.2 Å². The van der Waals surface area contributed by atoms with Crippen LogP contribution in [-0.2, 0) is 9.59 Å². The summed E-state index contributed by atoms with van der Waals surface area (Å²) in [5, 5.41) is 4.97. The molecule has 0 bridgehead atoms. The highest BCUT2D eigenvalue weighted by molar-refractivity contribution is 9.10. The molecule has 0 aromatic heterocycles. The van der Waals surface area contributed by atoms with E-state index in [9.17, 15) is 18.4 Å². The standard InChI is InChI=1S/C12H11BrF2N2O2/c13-7-3-10(9(15)4-8(7)14)17-12(19)6-1-2-11(18)16-5-6/h3-4,6H,1-2,5H2,(H,16,18)(H,17,19). The Labute approximate surface area is 116 Å². The maximum Gasteiger partial charge on any atom is 0.229 e. The van der Waals surface area contributed by atoms with Gasteiger partial charge in [-0.25, -0.2) is 8.78 Å². The molecule has 1 saturated heterocycles. The van der Waals surface area contributed by atoms with Crippen molar-refractivity contribution in [1.82, 2.24) is 5.32 Å². The van der Waals surface area contributed by atoms with Gasteiger partial charge in [-0.2, -0.15) is 0 Å². The molecule has 1 aliphatic rings. The van der Waals surface area contributed by atoms with Crippen LogP contribution < -0.4 is 10.6 Å². The maximum atomic E-state index is 13.5. The van der Waals surface area contributed by atoms with E-state index in [1.807, 2.05) is 0 Å². The van der Waals surface area contributed by atoms with Crippen LogP contribution in [0.4, 0.5) is 14.5 Å². The minimum Gasteiger partial charge on any atom is -0.355 e. The number of piperidine rings is 1. The lowest BCUT2D eigenvalue weighted by Crippen LogP contribution is -2.40. The number of carbonyl (C=O) groups is 2. The van der Waals surface area contributed by atoms with Gasteiger partial charge in [0.25, 0.3) is 0 Å². The van der Waals surface area contributed by atoms with Gasteiger partial charge in [0.2, 0.25) is 11.8 Å². The molecule has 1 fully saturated rings. The largest absolute Gasteiger partial charge is 0.355 e. The Morgan fingerprint density at radius 3 is 2.74 bits per heavy atom. The molecule has 0 spiro atoms. The molecule has 1 aliphatic heterocycles. The van der Waals surface area contributed by atoms with Gasteiger partial charge in [0.05, 0.1) is 16.1 Å². The zero-order valence-electron chi connectivity index (χ0n) is 9.80. The highest BCUT2D eigenvalue weighted by Crippen LogP contribution is 2.24. The van der Waals surface area contributed by atoms with E-state index in [2.05, 4.69) is 26.6 Å². The Balaban J connectivity index is 2.07. The van der Waals surface area contributed by atoms with Gasteiger partial charge >= 0.3 is 0 Å². The van der Waals surface area contributed by atoms with Crippen molar-refractivity contribution >= 4 is 33.4 Å². The first-order valence-electron chi connectivity index (χ1n) is 5.69. The second-order valence-corrected chi connectivity index (χ2v) is 5.13. The molecular formula is C12H11BrF2N2O2. The first-order valence-corrected chi connectivity index (χ1v) is 6.49. The summed E-state index contributed by atoms with van der Waals surface area (Å²) in [6.07, 6.45) is 0.690. The molecule has 2 N–H and O–H groups in total. The van der Waals surface area contributed by atoms with Crippen LogP contribution in [0.15, 0.2) is 16.6 Å². The van der Waals surface area contributed by atoms with E-state index in [1.165, 1.54) is 6.07 Å². The average molecular weight is 333 g/mol. The molecule has 2 rings (SSSR count). The number of nitrogens with one attached hydrogen (secondary N) is 2. The van der Waals surface area contributed by atoms with Crippen molar-refractivity contribution in [2.45, 2.75) is 12.8 Å². The van der Waals surface area contributed by atoms with Gasteiger partial charge in [-0.15, -0.1) is 0 Å². The van der Waals surface area contributed by atoms with Gasteiger partial charge in [-0.05, 0) is 28.4 Å². The van der Waals surface area contributed by atoms with Gasteiger partial charge in [-0.3, -0.25) is 9.59 Å². The average Bonchev–Trinajstić information content (AvgIpc) is 2.36. The van der Waals surface area contributed by atoms with E-state index in [1.54, 1.807) is 0 Å². The summed E-state index contributed by atoms with van der Waals surface area (Å²) in [5.74, 6) is -2.47. The van der Waals surface area contributed by atoms with Gasteiger partial charge in [0.15, 0.2) is 0 Å². The van der Waals surface area contributed by atoms with Crippen molar-refractivity contribution in [3.8, 4) is 0 Å². The van der Waals surface area contributed by atoms with Crippen LogP contribution in [0, 0.1) is 17.6 Å². The third kappa shape index (κ3) is 3.28. The Bertz CT molecular complexity index is 527. The molecule has 7 heteroatoms. The zero-order chi connectivity index (χ0) is 14.0. The molecule has 0 aliphatic carbocycles. The Hall–Kier alpha value is -1.50. The number of rotatable bonds is 2. The fourth-order valence-electron chi connectivity index (χ4n) is 1.81. The van der Waals surface area contributed by atoms with Crippen LogP contribution in [0.1, 0.15) is 12.8 Å². The van der Waals surface area contributed by atoms with E-state index >= 15 is 0 Å². The summed E-state index contributed by atoms with van der Waals surface area (Å²) < 4.78 is 26.6. The first kappa shape index (κ1) is 13.9. The number of benzene rings is 1. The lowest BCUT2D eigenvalue weighted by atomic mass is 9.98. The number of halogens is 3. The van der Waals surface area contributed by atoms with E-state index in [-0.39, 0.29) is 29.0 Å². The van der Waals surface area contributed by atoms with Gasteiger partial charge < -0.3 is 10.6 Å². The summed E-state index contributed by atoms with van der Waals surface area (Å²) in [6.45, 7) is 0.231. The SMILES string of the molecule is O=C1CCC(C(=O)Nc2cc(Br)c(F)cc2F)CN1. The minimum absolute atomic E-state index is 0.0705. The normalized spacial score (nSPS) is 18.9. The van der Waals surface area contributed by atoms with Crippen LogP contribution in [0.3, 0.4) is 0 Å². The van der Waals surface area contributed by atoms with Crippen LogP contribution >= 0.6 is 15.9 Å². The first-order chi connectivity index (χ1) is 8.97. The smallest absolute Gasteiger partial charge is 0.229 e. The fourth-order valence-corrected chi connectivity index (χ4v) is 2.15. The van der Waals surface area contributed by atoms with Crippen molar-refractivity contribution in [1.29, 1.82) is 0 Å². The lowest BCUT2D eigenvalue weighted by molar-refractivity contribution is -0.126. The fraction of sp³-hybridized carbons (Fsp3) is 0.333. The quantitative estimate of drug-likeness (QED) is 0.815. The van der Waals surface area contributed by atoms with E-state index in [0.717, 1.165) is 0 Å². The predicted molar refractivity (Wildman–Crippen MR) is 68.4 cm³/mol. The van der Waals surface area contributed by atoms with Gasteiger partial charge in [0, 0.05) is 19.0 Å². The highest BCUT2D eigenvalue weighted by Gasteiger charge is 2.25. The molecule has 0 saturated carbocycles. The van der Waals surface area contributed by atoms with Gasteiger partial charge in [-0.1, -0.05) is 0 Å². The highest BCUT2D eigenvalue weighted by atomic mass is 79.9. The van der Waals surface area contributed by atoms with Crippen LogP contribution in [0.5, 0.6) is 0 Å². The Morgan fingerprint density at radius 1 is 1.37 bits per heavy atom. The van der Waals surface area contributed by atoms with Crippen LogP contribution in [-0.4, -0.2) is 18.4 Å². The van der Waals surface area contributed by atoms with E-state index in [4.69, 9.17) is 0 Å². The Morgan fingerprint density at radius 2 is 2.11 bits per heavy atom. The third-order valence-electron chi connectivity index (χ3n) is 2.90. The number of anilines is 1. The van der Waals surface area contributed by atoms with E-state index < -0.39 is 23.5 Å². The third-order valence-corrected chi connectivity index (χ3v) is 3.51. The molecule has 1 aromatic carbocycles. The maximum absolute atomic E-state index is 13.5. The van der Waals surface area contributed by atoms with Crippen molar-refractivity contribution in [2.75, 3.05) is 11.9 Å². The molecule has 1 aromatic rings. The van der Waals surface area contributed by atoms with Gasteiger partial charge in [0.1, 0.15) is 11.6 Å². The second kappa shape index (κ2) is 5.64. The summed E-state index contributed by atoms with van der Waals surface area (Å²) in [4.78, 5) is 22.9. The molecule has 2 amide bonds. The molecule has 102 valence electrons. The second-order valence-electron chi connectivity index (χ2n) is 4.28. The van der Waals surface area contributed by atoms with Crippen molar-refractivity contribution in [3.05, 3.63) is 28.2 Å². The molecule has 0 radical (unpaired) electrons. The van der Waals surface area contributed by atoms with Crippen molar-refractivity contribution in [3.63, 3.8) is 0 Å². The summed E-state index contributed by atoms with van der Waals surface area (Å²) >= 11 is 2.92. The number of carbonyl (C=O) groups excluding carboxylic acids is 2. The molecular weight excluding hydrogens is 322 g/mol. The van der Waals surface area contributed by atoms with Crippen LogP contribution in [0.25, 0.3) is 0 Å². The van der Waals surface area contributed by atoms with E-state index in [0.29, 0.717) is 12.5 Å². The number of hydrogen-bond donors (Lipinski definition) is 2. The lowest BCUT2D eigenvalue weighted by Gasteiger charge is -2.21. The van der Waals surface area contributed by atoms with Crippen LogP contribution in [0.2, 0.25) is 0 Å². The molecule has 19 heavy (non-hydrogen) atoms. The monoisotopic (exact) mass is 332 g/mol. The molecule has 1 heterocycles. The summed E-state index contributed by atoms with van der Waals surface area (Å²) in [7, 11) is 0. The molecule has 1 unspecified atom stereocenters. The number of hydrogen-bond acceptors (Lipinski definition) is 2. The van der Waals surface area contributed by atoms with Crippen molar-refractivity contribution in [2.24, 2.45) is 5.92 Å². The Kier molecular flexibility index (Phi) is 4.14. The van der Waals surface area contributed by atoms with Crippen molar-refractivity contribution < 1.29 is 18.4 Å². The summed E-state index contributed by atoms with van der Waals surface area (Å²) in [6, 6.07) is 1.87. The number of amides is 2. The minimum atomic E-state index is -0.839. The predicted octanol–water partition coefficient (Wildman–Crippen LogP) is 2.19. The summed E-state index contributed by atoms with van der Waals surface area (Å²) in [5.41, 5.74) is -0.0878. The molecule has 4 nitrogen and oxygen atoms in total. The molecule has 1 atom stereocenters.